The Kier molecular flexibility index (Phi) is 7.30. The van der Waals surface area contributed by atoms with Crippen molar-refractivity contribution in [2.24, 2.45) is 11.8 Å². The molecule has 0 aromatic carbocycles. The van der Waals surface area contributed by atoms with Gasteiger partial charge in [-0.3, -0.25) is 19.3 Å². The summed E-state index contributed by atoms with van der Waals surface area (Å²) in [6.45, 7) is 1.42. The number of nitrogens with one attached hydrogen (secondary N) is 2. The van der Waals surface area contributed by atoms with Crippen LogP contribution >= 0.6 is 11.3 Å². The average Bonchev–Trinajstić information content (AvgIpc) is 3.44. The zero-order valence-corrected chi connectivity index (χ0v) is 19.7. The van der Waals surface area contributed by atoms with Crippen molar-refractivity contribution >= 4 is 41.1 Å². The first-order chi connectivity index (χ1) is 16.4. The minimum Gasteiger partial charge on any atom is -0.463 e. The Morgan fingerprint density at radius 3 is 2.44 bits per heavy atom. The Hall–Kier alpha value is -3.21. The fourth-order valence-corrected chi connectivity index (χ4v) is 5.51. The molecule has 2 fully saturated rings. The summed E-state index contributed by atoms with van der Waals surface area (Å²) in [5.74, 6) is -2.23. The normalized spacial score (nSPS) is 24.4. The number of hydrogen-bond acceptors (Lipinski definition) is 8. The molecule has 1 saturated carbocycles. The lowest BCUT2D eigenvalue weighted by atomic mass is 9.81. The van der Waals surface area contributed by atoms with Crippen LogP contribution in [0.2, 0.25) is 0 Å². The van der Waals surface area contributed by atoms with E-state index < -0.39 is 24.0 Å². The fraction of sp³-hybridized carbons (Fsp3) is 0.522. The summed E-state index contributed by atoms with van der Waals surface area (Å²) in [6, 6.07) is 2.32. The molecular formula is C23H27N3O7S. The first kappa shape index (κ1) is 23.9. The van der Waals surface area contributed by atoms with Crippen LogP contribution in [-0.2, 0) is 28.7 Å². The van der Waals surface area contributed by atoms with E-state index in [-0.39, 0.29) is 61.1 Å². The lowest BCUT2D eigenvalue weighted by Gasteiger charge is -2.28. The number of carbonyl (C=O) groups is 5. The van der Waals surface area contributed by atoms with E-state index in [1.54, 1.807) is 19.1 Å². The van der Waals surface area contributed by atoms with Crippen molar-refractivity contribution < 1.29 is 33.4 Å². The first-order valence-electron chi connectivity index (χ1n) is 11.4. The summed E-state index contributed by atoms with van der Waals surface area (Å²) in [6.07, 6.45) is 3.11. The van der Waals surface area contributed by atoms with Gasteiger partial charge in [0, 0.05) is 11.4 Å². The molecule has 1 aliphatic carbocycles. The van der Waals surface area contributed by atoms with Gasteiger partial charge in [-0.15, -0.1) is 11.3 Å². The quantitative estimate of drug-likeness (QED) is 0.422. The Balaban J connectivity index is 1.42. The Morgan fingerprint density at radius 1 is 1.12 bits per heavy atom. The molecule has 0 bridgehead atoms. The monoisotopic (exact) mass is 489 g/mol. The largest absolute Gasteiger partial charge is 0.463 e. The van der Waals surface area contributed by atoms with Crippen LogP contribution in [0.5, 0.6) is 0 Å². The lowest BCUT2D eigenvalue weighted by Crippen LogP contribution is -2.47. The minimum absolute atomic E-state index is 0.0426. The summed E-state index contributed by atoms with van der Waals surface area (Å²) in [5.41, 5.74) is 0.291. The molecule has 4 rings (SSSR count). The van der Waals surface area contributed by atoms with Gasteiger partial charge in [-0.1, -0.05) is 18.9 Å². The number of urea groups is 1. The summed E-state index contributed by atoms with van der Waals surface area (Å²) in [5, 5.41) is 7.06. The predicted molar refractivity (Wildman–Crippen MR) is 120 cm³/mol. The molecule has 0 radical (unpaired) electrons. The van der Waals surface area contributed by atoms with Crippen molar-refractivity contribution in [2.45, 2.75) is 45.1 Å². The van der Waals surface area contributed by atoms with Crippen molar-refractivity contribution in [3.05, 3.63) is 33.7 Å². The Labute approximate surface area is 200 Å². The summed E-state index contributed by atoms with van der Waals surface area (Å²) in [4.78, 5) is 64.4. The predicted octanol–water partition coefficient (Wildman–Crippen LogP) is 2.03. The van der Waals surface area contributed by atoms with Crippen LogP contribution in [0.1, 0.15) is 49.9 Å². The lowest BCUT2D eigenvalue weighted by molar-refractivity contribution is -0.146. The maximum Gasteiger partial charge on any atom is 0.338 e. The molecule has 10 nitrogen and oxygen atoms in total. The Morgan fingerprint density at radius 2 is 1.82 bits per heavy atom. The van der Waals surface area contributed by atoms with Gasteiger partial charge in [-0.25, -0.2) is 9.59 Å². The van der Waals surface area contributed by atoms with E-state index in [1.807, 2.05) is 5.38 Å². The van der Waals surface area contributed by atoms with Gasteiger partial charge in [0.15, 0.2) is 0 Å². The SMILES string of the molecule is CCOC(=O)C1=C(COC(=O)CCN2C(=O)[C@@H]3CCCC[C@H]3C2=O)NC(=O)N[C@H]1c1cccs1. The van der Waals surface area contributed by atoms with E-state index >= 15 is 0 Å². The standard InChI is InChI=1S/C23H27N3O7S/c1-2-32-22(30)18-15(24-23(31)25-19(18)16-8-5-11-34-16)12-33-17(27)9-10-26-20(28)13-6-3-4-7-14(13)21(26)29/h5,8,11,13-14,19H,2-4,6-7,9-10,12H2,1H3,(H2,24,25,31)/t13-,14-,19+/m1/s1. The second-order valence-electron chi connectivity index (χ2n) is 8.40. The van der Waals surface area contributed by atoms with Crippen LogP contribution in [0, 0.1) is 11.8 Å². The van der Waals surface area contributed by atoms with Crippen LogP contribution in [0.4, 0.5) is 4.79 Å². The topological polar surface area (TPSA) is 131 Å². The van der Waals surface area contributed by atoms with Crippen LogP contribution in [0.15, 0.2) is 28.8 Å². The van der Waals surface area contributed by atoms with Gasteiger partial charge in [0.1, 0.15) is 6.61 Å². The Bertz CT molecular complexity index is 996. The smallest absolute Gasteiger partial charge is 0.338 e. The fourth-order valence-electron chi connectivity index (χ4n) is 4.73. The minimum atomic E-state index is -0.732. The van der Waals surface area contributed by atoms with E-state index in [2.05, 4.69) is 10.6 Å². The summed E-state index contributed by atoms with van der Waals surface area (Å²) < 4.78 is 10.5. The van der Waals surface area contributed by atoms with Crippen LogP contribution in [0.3, 0.4) is 0 Å². The first-order valence-corrected chi connectivity index (χ1v) is 12.3. The highest BCUT2D eigenvalue weighted by Gasteiger charge is 2.47. The zero-order chi connectivity index (χ0) is 24.2. The summed E-state index contributed by atoms with van der Waals surface area (Å²) in [7, 11) is 0. The summed E-state index contributed by atoms with van der Waals surface area (Å²) >= 11 is 1.37. The number of esters is 2. The number of ether oxygens (including phenoxy) is 2. The molecule has 2 N–H and O–H groups in total. The number of rotatable bonds is 8. The van der Waals surface area contributed by atoms with Gasteiger partial charge < -0.3 is 20.1 Å². The molecule has 2 aliphatic heterocycles. The maximum atomic E-state index is 12.7. The zero-order valence-electron chi connectivity index (χ0n) is 18.8. The third-order valence-corrected chi connectivity index (χ3v) is 7.26. The highest BCUT2D eigenvalue weighted by molar-refractivity contribution is 7.10. The number of imide groups is 1. The number of nitrogens with zero attached hydrogens (tertiary/aromatic N) is 1. The molecule has 0 unspecified atom stereocenters. The number of fused-ring (bicyclic) bond motifs is 1. The maximum absolute atomic E-state index is 12.7. The van der Waals surface area contributed by atoms with Crippen LogP contribution < -0.4 is 10.6 Å². The molecule has 34 heavy (non-hydrogen) atoms. The van der Waals surface area contributed by atoms with Gasteiger partial charge in [-0.2, -0.15) is 0 Å². The second-order valence-corrected chi connectivity index (χ2v) is 9.38. The van der Waals surface area contributed by atoms with E-state index in [0.717, 1.165) is 17.7 Å². The number of amides is 4. The van der Waals surface area contributed by atoms with Crippen LogP contribution in [0.25, 0.3) is 0 Å². The molecule has 1 saturated heterocycles. The van der Waals surface area contributed by atoms with E-state index in [9.17, 15) is 24.0 Å². The molecule has 3 atom stereocenters. The number of thiophene rings is 1. The van der Waals surface area contributed by atoms with Crippen molar-refractivity contribution in [1.82, 2.24) is 15.5 Å². The van der Waals surface area contributed by atoms with Gasteiger partial charge in [0.05, 0.1) is 42.2 Å². The molecular weight excluding hydrogens is 462 g/mol. The molecule has 3 heterocycles. The van der Waals surface area contributed by atoms with E-state index in [0.29, 0.717) is 12.8 Å². The molecule has 1 aromatic heterocycles. The third kappa shape index (κ3) is 4.84. The molecule has 0 spiro atoms. The third-order valence-electron chi connectivity index (χ3n) is 6.33. The number of likely N-dealkylation sites (tertiary alicyclic amines) is 1. The van der Waals surface area contributed by atoms with Gasteiger partial charge in [0.2, 0.25) is 11.8 Å². The van der Waals surface area contributed by atoms with E-state index in [1.165, 1.54) is 16.2 Å². The van der Waals surface area contributed by atoms with Crippen molar-refractivity contribution in [1.29, 1.82) is 0 Å². The van der Waals surface area contributed by atoms with Crippen LogP contribution in [-0.4, -0.2) is 54.4 Å². The van der Waals surface area contributed by atoms with Gasteiger partial charge in [-0.05, 0) is 31.2 Å². The number of hydrogen-bond donors (Lipinski definition) is 2. The second kappa shape index (κ2) is 10.4. The van der Waals surface area contributed by atoms with Gasteiger partial charge in [0.25, 0.3) is 0 Å². The average molecular weight is 490 g/mol. The molecule has 182 valence electrons. The molecule has 11 heteroatoms. The molecule has 3 aliphatic rings. The van der Waals surface area contributed by atoms with Crippen molar-refractivity contribution in [3.8, 4) is 0 Å². The van der Waals surface area contributed by atoms with Crippen molar-refractivity contribution in [3.63, 3.8) is 0 Å². The van der Waals surface area contributed by atoms with Gasteiger partial charge >= 0.3 is 18.0 Å². The number of carbonyl (C=O) groups excluding carboxylic acids is 5. The highest BCUT2D eigenvalue weighted by atomic mass is 32.1. The molecule has 1 aromatic rings. The highest BCUT2D eigenvalue weighted by Crippen LogP contribution is 2.38. The van der Waals surface area contributed by atoms with Crippen molar-refractivity contribution in [2.75, 3.05) is 19.8 Å². The van der Waals surface area contributed by atoms with E-state index in [4.69, 9.17) is 9.47 Å². The molecule has 4 amide bonds.